The summed E-state index contributed by atoms with van der Waals surface area (Å²) in [5, 5.41) is 11.4. The van der Waals surface area contributed by atoms with E-state index in [1.165, 1.54) is 0 Å². The van der Waals surface area contributed by atoms with Crippen molar-refractivity contribution in [2.75, 3.05) is 19.8 Å². The first-order valence-electron chi connectivity index (χ1n) is 5.22. The first-order chi connectivity index (χ1) is 7.50. The van der Waals surface area contributed by atoms with E-state index in [2.05, 4.69) is 5.32 Å². The Morgan fingerprint density at radius 1 is 1.50 bits per heavy atom. The fourth-order valence-electron chi connectivity index (χ4n) is 1.43. The summed E-state index contributed by atoms with van der Waals surface area (Å²) in [5.74, 6) is -1.92. The lowest BCUT2D eigenvalue weighted by atomic mass is 10.0. The molecule has 2 unspecified atom stereocenters. The lowest BCUT2D eigenvalue weighted by Crippen LogP contribution is -2.44. The van der Waals surface area contributed by atoms with Crippen LogP contribution in [0.5, 0.6) is 0 Å². The Morgan fingerprint density at radius 2 is 2.19 bits per heavy atom. The molecule has 0 aromatic carbocycles. The molecule has 1 amide bonds. The Hall–Kier alpha value is -1.14. The van der Waals surface area contributed by atoms with Gasteiger partial charge in [-0.3, -0.25) is 9.59 Å². The van der Waals surface area contributed by atoms with Crippen LogP contribution < -0.4 is 5.32 Å². The van der Waals surface area contributed by atoms with Crippen molar-refractivity contribution in [3.63, 3.8) is 0 Å². The third kappa shape index (κ3) is 3.79. The highest BCUT2D eigenvalue weighted by Gasteiger charge is 2.34. The van der Waals surface area contributed by atoms with Gasteiger partial charge < -0.3 is 19.9 Å². The van der Waals surface area contributed by atoms with Crippen LogP contribution in [0.15, 0.2) is 0 Å². The van der Waals surface area contributed by atoms with Crippen LogP contribution in [0.1, 0.15) is 13.8 Å². The van der Waals surface area contributed by atoms with Gasteiger partial charge in [0.15, 0.2) is 0 Å². The van der Waals surface area contributed by atoms with Gasteiger partial charge in [-0.25, -0.2) is 0 Å². The molecule has 2 atom stereocenters. The highest BCUT2D eigenvalue weighted by Crippen LogP contribution is 2.13. The van der Waals surface area contributed by atoms with Gasteiger partial charge in [0.05, 0.1) is 25.4 Å². The number of ether oxygens (including phenoxy) is 2. The molecule has 1 aliphatic heterocycles. The number of hydrogen-bond donors (Lipinski definition) is 2. The predicted molar refractivity (Wildman–Crippen MR) is 55.0 cm³/mol. The molecule has 0 aromatic rings. The van der Waals surface area contributed by atoms with Gasteiger partial charge in [0, 0.05) is 0 Å². The molecule has 0 spiro atoms. The molecule has 0 bridgehead atoms. The van der Waals surface area contributed by atoms with E-state index in [0.29, 0.717) is 0 Å². The van der Waals surface area contributed by atoms with Crippen LogP contribution in [0.25, 0.3) is 0 Å². The standard InChI is InChI=1S/C10H17NO5/c1-6(2)16-5-9(12)11-8-4-15-3-7(8)10(13)14/h6-8H,3-5H2,1-2H3,(H,11,12)(H,13,14). The molecule has 1 aliphatic rings. The van der Waals surface area contributed by atoms with Crippen molar-refractivity contribution in [2.45, 2.75) is 26.0 Å². The van der Waals surface area contributed by atoms with E-state index in [1.54, 1.807) is 0 Å². The lowest BCUT2D eigenvalue weighted by Gasteiger charge is -2.16. The molecule has 2 N–H and O–H groups in total. The number of rotatable bonds is 5. The topological polar surface area (TPSA) is 84.9 Å². The summed E-state index contributed by atoms with van der Waals surface area (Å²) in [6.45, 7) is 3.98. The van der Waals surface area contributed by atoms with Gasteiger partial charge in [0.25, 0.3) is 0 Å². The molecule has 1 fully saturated rings. The number of carboxylic acids is 1. The fraction of sp³-hybridized carbons (Fsp3) is 0.800. The Labute approximate surface area is 93.9 Å². The fourth-order valence-corrected chi connectivity index (χ4v) is 1.43. The van der Waals surface area contributed by atoms with Gasteiger partial charge >= 0.3 is 5.97 Å². The van der Waals surface area contributed by atoms with Crippen LogP contribution in [-0.4, -0.2) is 48.9 Å². The third-order valence-electron chi connectivity index (χ3n) is 2.29. The molecule has 0 aliphatic carbocycles. The second kappa shape index (κ2) is 5.81. The SMILES string of the molecule is CC(C)OCC(=O)NC1COCC1C(=O)O. The summed E-state index contributed by atoms with van der Waals surface area (Å²) in [4.78, 5) is 22.2. The minimum Gasteiger partial charge on any atom is -0.481 e. The summed E-state index contributed by atoms with van der Waals surface area (Å²) in [6, 6.07) is -0.458. The molecule has 0 aromatic heterocycles. The zero-order valence-corrected chi connectivity index (χ0v) is 9.43. The van der Waals surface area contributed by atoms with Gasteiger partial charge in [0.2, 0.25) is 5.91 Å². The molecular weight excluding hydrogens is 214 g/mol. The first kappa shape index (κ1) is 12.9. The minimum atomic E-state index is -0.951. The van der Waals surface area contributed by atoms with Crippen LogP contribution >= 0.6 is 0 Å². The van der Waals surface area contributed by atoms with Crippen molar-refractivity contribution in [1.29, 1.82) is 0 Å². The quantitative estimate of drug-likeness (QED) is 0.674. The number of carbonyl (C=O) groups excluding carboxylic acids is 1. The van der Waals surface area contributed by atoms with E-state index in [4.69, 9.17) is 14.6 Å². The molecular formula is C10H17NO5. The highest BCUT2D eigenvalue weighted by molar-refractivity contribution is 5.79. The van der Waals surface area contributed by atoms with E-state index in [0.717, 1.165) is 0 Å². The van der Waals surface area contributed by atoms with E-state index in [-0.39, 0.29) is 31.8 Å². The third-order valence-corrected chi connectivity index (χ3v) is 2.29. The number of aliphatic carboxylic acids is 1. The summed E-state index contributed by atoms with van der Waals surface area (Å²) in [6.07, 6.45) is -0.0270. The summed E-state index contributed by atoms with van der Waals surface area (Å²) >= 11 is 0. The molecule has 0 radical (unpaired) electrons. The van der Waals surface area contributed by atoms with Crippen molar-refractivity contribution in [3.8, 4) is 0 Å². The number of nitrogens with one attached hydrogen (secondary N) is 1. The first-order valence-corrected chi connectivity index (χ1v) is 5.22. The lowest BCUT2D eigenvalue weighted by molar-refractivity contribution is -0.142. The Morgan fingerprint density at radius 3 is 2.75 bits per heavy atom. The zero-order chi connectivity index (χ0) is 12.1. The molecule has 1 heterocycles. The van der Waals surface area contributed by atoms with Gasteiger partial charge in [0.1, 0.15) is 12.5 Å². The van der Waals surface area contributed by atoms with Crippen LogP contribution in [0, 0.1) is 5.92 Å². The van der Waals surface area contributed by atoms with Crippen molar-refractivity contribution < 1.29 is 24.2 Å². The Bertz CT molecular complexity index is 266. The van der Waals surface area contributed by atoms with Gasteiger partial charge in [-0.2, -0.15) is 0 Å². The van der Waals surface area contributed by atoms with Crippen molar-refractivity contribution in [3.05, 3.63) is 0 Å². The van der Waals surface area contributed by atoms with Crippen LogP contribution in [0.3, 0.4) is 0 Å². The number of amides is 1. The average Bonchev–Trinajstić information content (AvgIpc) is 2.62. The minimum absolute atomic E-state index is 0.0270. The molecule has 6 heteroatoms. The molecule has 92 valence electrons. The van der Waals surface area contributed by atoms with Crippen molar-refractivity contribution in [1.82, 2.24) is 5.32 Å². The second-order valence-corrected chi connectivity index (χ2v) is 4.02. The molecule has 16 heavy (non-hydrogen) atoms. The normalized spacial score (nSPS) is 24.7. The van der Waals surface area contributed by atoms with E-state index < -0.39 is 17.9 Å². The van der Waals surface area contributed by atoms with Gasteiger partial charge in [-0.15, -0.1) is 0 Å². The summed E-state index contributed by atoms with van der Waals surface area (Å²) < 4.78 is 10.1. The van der Waals surface area contributed by atoms with E-state index in [1.807, 2.05) is 13.8 Å². The second-order valence-electron chi connectivity index (χ2n) is 4.02. The van der Waals surface area contributed by atoms with Crippen LogP contribution in [-0.2, 0) is 19.1 Å². The van der Waals surface area contributed by atoms with Gasteiger partial charge in [-0.05, 0) is 13.8 Å². The van der Waals surface area contributed by atoms with E-state index in [9.17, 15) is 9.59 Å². The highest BCUT2D eigenvalue weighted by atomic mass is 16.5. The van der Waals surface area contributed by atoms with Crippen molar-refractivity contribution >= 4 is 11.9 Å². The number of hydrogen-bond acceptors (Lipinski definition) is 4. The van der Waals surface area contributed by atoms with E-state index >= 15 is 0 Å². The summed E-state index contributed by atoms with van der Waals surface area (Å²) in [7, 11) is 0. The molecule has 1 rings (SSSR count). The number of carbonyl (C=O) groups is 2. The maximum absolute atomic E-state index is 11.4. The number of carboxylic acid groups (broad SMARTS) is 1. The van der Waals surface area contributed by atoms with Crippen molar-refractivity contribution in [2.24, 2.45) is 5.92 Å². The smallest absolute Gasteiger partial charge is 0.311 e. The molecule has 6 nitrogen and oxygen atoms in total. The van der Waals surface area contributed by atoms with Gasteiger partial charge in [-0.1, -0.05) is 0 Å². The maximum Gasteiger partial charge on any atom is 0.311 e. The summed E-state index contributed by atoms with van der Waals surface area (Å²) in [5.41, 5.74) is 0. The monoisotopic (exact) mass is 231 g/mol. The van der Waals surface area contributed by atoms with Crippen LogP contribution in [0.4, 0.5) is 0 Å². The molecule has 1 saturated heterocycles. The molecule has 0 saturated carbocycles. The Kier molecular flexibility index (Phi) is 4.70. The van der Waals surface area contributed by atoms with Crippen LogP contribution in [0.2, 0.25) is 0 Å². The predicted octanol–water partition coefficient (Wildman–Crippen LogP) is -0.373. The Balaban J connectivity index is 2.35. The zero-order valence-electron chi connectivity index (χ0n) is 9.43. The maximum atomic E-state index is 11.4. The largest absolute Gasteiger partial charge is 0.481 e. The average molecular weight is 231 g/mol.